The largest absolute Gasteiger partial charge is 0.391 e. The number of benzene rings is 2. The monoisotopic (exact) mass is 415 g/mol. The topological polar surface area (TPSA) is 38.9 Å². The van der Waals surface area contributed by atoms with Gasteiger partial charge in [0.1, 0.15) is 6.61 Å². The van der Waals surface area contributed by atoms with Gasteiger partial charge in [0.05, 0.1) is 27.6 Å². The first kappa shape index (κ1) is 18.0. The van der Waals surface area contributed by atoms with E-state index in [-0.39, 0.29) is 0 Å². The molecule has 2 aromatic carbocycles. The van der Waals surface area contributed by atoms with Crippen LogP contribution in [0.3, 0.4) is 0 Å². The molecule has 0 saturated carbocycles. The third kappa shape index (κ3) is 3.86. The minimum Gasteiger partial charge on any atom is -0.391 e. The highest BCUT2D eigenvalue weighted by molar-refractivity contribution is 7.15. The van der Waals surface area contributed by atoms with Gasteiger partial charge in [-0.1, -0.05) is 64.3 Å². The molecule has 4 rings (SSSR count). The summed E-state index contributed by atoms with van der Waals surface area (Å²) >= 11 is 13.5. The van der Waals surface area contributed by atoms with Gasteiger partial charge in [-0.25, -0.2) is 4.98 Å². The van der Waals surface area contributed by atoms with Crippen molar-refractivity contribution >= 4 is 45.7 Å². The summed E-state index contributed by atoms with van der Waals surface area (Å²) in [6.07, 6.45) is 3.67. The highest BCUT2D eigenvalue weighted by atomic mass is 35.5. The number of aromatic nitrogens is 2. The Morgan fingerprint density at radius 3 is 2.74 bits per heavy atom. The summed E-state index contributed by atoms with van der Waals surface area (Å²) in [5.41, 5.74) is 4.91. The van der Waals surface area contributed by atoms with Crippen LogP contribution in [0.5, 0.6) is 0 Å². The number of halogens is 2. The van der Waals surface area contributed by atoms with Crippen molar-refractivity contribution in [2.75, 3.05) is 0 Å². The average Bonchev–Trinajstić information content (AvgIpc) is 3.24. The van der Waals surface area contributed by atoms with Crippen molar-refractivity contribution in [3.63, 3.8) is 0 Å². The van der Waals surface area contributed by atoms with Gasteiger partial charge in [-0.15, -0.1) is 11.3 Å². The number of hydrogen-bond acceptors (Lipinski definition) is 4. The number of rotatable bonds is 5. The van der Waals surface area contributed by atoms with E-state index in [4.69, 9.17) is 33.0 Å². The molecule has 0 unspecified atom stereocenters. The maximum absolute atomic E-state index is 6.02. The zero-order chi connectivity index (χ0) is 18.8. The standard InChI is InChI=1S/C20H15Cl2N3OS/c1-13-2-5-15(6-3-13)19-18(25-8-9-27-20(25)24-19)11-23-26-12-14-4-7-16(21)17(22)10-14/h2-11H,12H2,1H3/b23-11+. The molecule has 0 aliphatic rings. The van der Waals surface area contributed by atoms with Crippen molar-refractivity contribution in [1.82, 2.24) is 9.38 Å². The lowest BCUT2D eigenvalue weighted by molar-refractivity contribution is 0.132. The van der Waals surface area contributed by atoms with E-state index in [1.165, 1.54) is 5.56 Å². The van der Waals surface area contributed by atoms with E-state index in [1.807, 2.05) is 22.0 Å². The van der Waals surface area contributed by atoms with Crippen molar-refractivity contribution in [2.24, 2.45) is 5.16 Å². The first-order chi connectivity index (χ1) is 13.1. The molecular weight excluding hydrogens is 401 g/mol. The molecule has 4 aromatic rings. The fourth-order valence-electron chi connectivity index (χ4n) is 2.68. The number of hydrogen-bond donors (Lipinski definition) is 0. The van der Waals surface area contributed by atoms with E-state index < -0.39 is 0 Å². The Morgan fingerprint density at radius 1 is 1.15 bits per heavy atom. The van der Waals surface area contributed by atoms with Crippen LogP contribution in [-0.2, 0) is 11.4 Å². The lowest BCUT2D eigenvalue weighted by Crippen LogP contribution is -1.93. The quantitative estimate of drug-likeness (QED) is 0.286. The van der Waals surface area contributed by atoms with E-state index >= 15 is 0 Å². The van der Waals surface area contributed by atoms with E-state index in [1.54, 1.807) is 29.7 Å². The number of nitrogens with zero attached hydrogens (tertiary/aromatic N) is 3. The second-order valence-electron chi connectivity index (χ2n) is 6.02. The zero-order valence-electron chi connectivity index (χ0n) is 14.4. The first-order valence-electron chi connectivity index (χ1n) is 8.23. The smallest absolute Gasteiger partial charge is 0.194 e. The van der Waals surface area contributed by atoms with Gasteiger partial charge in [-0.3, -0.25) is 4.40 Å². The average molecular weight is 416 g/mol. The van der Waals surface area contributed by atoms with E-state index in [2.05, 4.69) is 36.3 Å². The normalized spacial score (nSPS) is 11.5. The SMILES string of the molecule is Cc1ccc(-c2nc3sccn3c2/C=N/OCc2ccc(Cl)c(Cl)c2)cc1. The van der Waals surface area contributed by atoms with Crippen LogP contribution in [0.15, 0.2) is 59.2 Å². The Hall–Kier alpha value is -2.34. The van der Waals surface area contributed by atoms with Crippen LogP contribution in [0.2, 0.25) is 10.0 Å². The minimum absolute atomic E-state index is 0.304. The highest BCUT2D eigenvalue weighted by Crippen LogP contribution is 2.26. The molecule has 0 amide bonds. The maximum atomic E-state index is 6.02. The predicted octanol–water partition coefficient (Wildman–Crippen LogP) is 6.23. The van der Waals surface area contributed by atoms with Gasteiger partial charge >= 0.3 is 0 Å². The molecule has 2 heterocycles. The van der Waals surface area contributed by atoms with E-state index in [0.29, 0.717) is 16.7 Å². The number of imidazole rings is 1. The minimum atomic E-state index is 0.304. The van der Waals surface area contributed by atoms with Crippen molar-refractivity contribution in [2.45, 2.75) is 13.5 Å². The van der Waals surface area contributed by atoms with Gasteiger partial charge in [-0.2, -0.15) is 0 Å². The third-order valence-corrected chi connectivity index (χ3v) is 5.58. The van der Waals surface area contributed by atoms with Gasteiger partial charge < -0.3 is 4.84 Å². The second kappa shape index (κ2) is 7.72. The molecule has 4 nitrogen and oxygen atoms in total. The number of aryl methyl sites for hydroxylation is 1. The molecule has 0 saturated heterocycles. The lowest BCUT2D eigenvalue weighted by atomic mass is 10.1. The number of fused-ring (bicyclic) bond motifs is 1. The Labute approximate surface area is 170 Å². The van der Waals surface area contributed by atoms with Gasteiger partial charge in [0.15, 0.2) is 4.96 Å². The van der Waals surface area contributed by atoms with Crippen LogP contribution in [0.1, 0.15) is 16.8 Å². The molecule has 0 radical (unpaired) electrons. The van der Waals surface area contributed by atoms with E-state index in [9.17, 15) is 0 Å². The maximum Gasteiger partial charge on any atom is 0.194 e. The van der Waals surface area contributed by atoms with Crippen LogP contribution in [-0.4, -0.2) is 15.6 Å². The molecule has 136 valence electrons. The van der Waals surface area contributed by atoms with Crippen LogP contribution >= 0.6 is 34.5 Å². The van der Waals surface area contributed by atoms with Gasteiger partial charge in [0, 0.05) is 17.1 Å². The molecule has 0 atom stereocenters. The zero-order valence-corrected chi connectivity index (χ0v) is 16.7. The van der Waals surface area contributed by atoms with Crippen LogP contribution in [0.4, 0.5) is 0 Å². The second-order valence-corrected chi connectivity index (χ2v) is 7.71. The summed E-state index contributed by atoms with van der Waals surface area (Å²) in [5.74, 6) is 0. The molecule has 0 aliphatic carbocycles. The summed E-state index contributed by atoms with van der Waals surface area (Å²) < 4.78 is 2.01. The van der Waals surface area contributed by atoms with Crippen molar-refractivity contribution in [3.8, 4) is 11.3 Å². The Bertz CT molecular complexity index is 1120. The third-order valence-electron chi connectivity index (χ3n) is 4.09. The Morgan fingerprint density at radius 2 is 1.96 bits per heavy atom. The molecule has 0 aliphatic heterocycles. The highest BCUT2D eigenvalue weighted by Gasteiger charge is 2.13. The summed E-state index contributed by atoms with van der Waals surface area (Å²) in [6.45, 7) is 2.37. The molecule has 7 heteroatoms. The van der Waals surface area contributed by atoms with Crippen LogP contribution < -0.4 is 0 Å². The van der Waals surface area contributed by atoms with E-state index in [0.717, 1.165) is 27.5 Å². The van der Waals surface area contributed by atoms with Gasteiger partial charge in [0.25, 0.3) is 0 Å². The van der Waals surface area contributed by atoms with Crippen molar-refractivity contribution in [1.29, 1.82) is 0 Å². The fourth-order valence-corrected chi connectivity index (χ4v) is 3.72. The lowest BCUT2D eigenvalue weighted by Gasteiger charge is -2.03. The molecule has 2 aromatic heterocycles. The summed E-state index contributed by atoms with van der Waals surface area (Å²) in [5, 5.41) is 7.15. The summed E-state index contributed by atoms with van der Waals surface area (Å²) in [7, 11) is 0. The predicted molar refractivity (Wildman–Crippen MR) is 112 cm³/mol. The molecule has 27 heavy (non-hydrogen) atoms. The number of thiazole rings is 1. The molecule has 0 bridgehead atoms. The van der Waals surface area contributed by atoms with Crippen LogP contribution in [0.25, 0.3) is 16.2 Å². The van der Waals surface area contributed by atoms with Gasteiger partial charge in [-0.05, 0) is 24.6 Å². The van der Waals surface area contributed by atoms with Crippen molar-refractivity contribution in [3.05, 3.63) is 80.9 Å². The molecule has 0 N–H and O–H groups in total. The van der Waals surface area contributed by atoms with Gasteiger partial charge in [0.2, 0.25) is 0 Å². The number of oxime groups is 1. The summed E-state index contributed by atoms with van der Waals surface area (Å²) in [4.78, 5) is 11.1. The molecular formula is C20H15Cl2N3OS. The van der Waals surface area contributed by atoms with Crippen molar-refractivity contribution < 1.29 is 4.84 Å². The molecule has 0 spiro atoms. The van der Waals surface area contributed by atoms with Crippen LogP contribution in [0, 0.1) is 6.92 Å². The first-order valence-corrected chi connectivity index (χ1v) is 9.87. The fraction of sp³-hybridized carbons (Fsp3) is 0.100. The Balaban J connectivity index is 1.58. The Kier molecular flexibility index (Phi) is 5.16. The molecule has 0 fully saturated rings. The summed E-state index contributed by atoms with van der Waals surface area (Å²) in [6, 6.07) is 13.7.